The van der Waals surface area contributed by atoms with Crippen LogP contribution in [0.15, 0.2) is 10.9 Å². The fourth-order valence-corrected chi connectivity index (χ4v) is 1.34. The zero-order chi connectivity index (χ0) is 10.2. The van der Waals surface area contributed by atoms with E-state index in [-0.39, 0.29) is 0 Å². The van der Waals surface area contributed by atoms with Gasteiger partial charge in [-0.1, -0.05) is 31.3 Å². The maximum absolute atomic E-state index is 4.64. The molecule has 0 fully saturated rings. The molecule has 1 heterocycles. The zero-order valence-corrected chi connectivity index (χ0v) is 8.99. The second-order valence-corrected chi connectivity index (χ2v) is 3.63. The maximum atomic E-state index is 4.64. The molecule has 0 saturated heterocycles. The highest BCUT2D eigenvalue weighted by atomic mass is 16.5. The minimum Gasteiger partial charge on any atom is -0.343 e. The Labute approximate surface area is 85.1 Å². The maximum Gasteiger partial charge on any atom is 0.213 e. The minimum atomic E-state index is 0.528. The molecule has 4 nitrogen and oxygen atoms in total. The molecule has 14 heavy (non-hydrogen) atoms. The third-order valence-electron chi connectivity index (χ3n) is 2.26. The van der Waals surface area contributed by atoms with E-state index in [1.54, 1.807) is 0 Å². The van der Waals surface area contributed by atoms with Crippen LogP contribution in [-0.4, -0.2) is 16.2 Å². The van der Waals surface area contributed by atoms with Crippen LogP contribution < -0.4 is 5.32 Å². The molecule has 0 aromatic carbocycles. The molecule has 0 saturated carbocycles. The van der Waals surface area contributed by atoms with Gasteiger partial charge in [-0.05, 0) is 13.3 Å². The molecule has 1 N–H and O–H groups in total. The van der Waals surface area contributed by atoms with E-state index >= 15 is 0 Å². The molecule has 4 heteroatoms. The lowest BCUT2D eigenvalue weighted by Gasteiger charge is -2.11. The summed E-state index contributed by atoms with van der Waals surface area (Å²) < 4.78 is 4.64. The average Bonchev–Trinajstić information content (AvgIpc) is 2.68. The number of hydrogen-bond acceptors (Lipinski definition) is 4. The highest BCUT2D eigenvalue weighted by molar-refractivity contribution is 4.77. The molecule has 1 rings (SSSR count). The topological polar surface area (TPSA) is 51.0 Å². The van der Waals surface area contributed by atoms with Gasteiger partial charge < -0.3 is 9.84 Å². The van der Waals surface area contributed by atoms with Crippen LogP contribution >= 0.6 is 0 Å². The molecule has 0 radical (unpaired) electrons. The predicted molar refractivity (Wildman–Crippen MR) is 54.7 cm³/mol. The summed E-state index contributed by atoms with van der Waals surface area (Å²) in [5.74, 6) is 0.729. The lowest BCUT2D eigenvalue weighted by Crippen LogP contribution is -2.25. The number of rotatable bonds is 7. The Morgan fingerprint density at radius 1 is 1.50 bits per heavy atom. The second-order valence-electron chi connectivity index (χ2n) is 3.63. The number of unbranched alkanes of at least 4 members (excludes halogenated alkanes) is 2. The summed E-state index contributed by atoms with van der Waals surface area (Å²) >= 11 is 0. The van der Waals surface area contributed by atoms with Crippen molar-refractivity contribution in [1.82, 2.24) is 15.5 Å². The Bertz CT molecular complexity index is 223. The van der Waals surface area contributed by atoms with E-state index in [0.717, 1.165) is 5.82 Å². The SMILES string of the molecule is CCCCCC(C)NCc1ncon1. The van der Waals surface area contributed by atoms with Crippen molar-refractivity contribution in [3.63, 3.8) is 0 Å². The summed E-state index contributed by atoms with van der Waals surface area (Å²) in [5, 5.41) is 7.09. The molecule has 0 aliphatic carbocycles. The summed E-state index contributed by atoms with van der Waals surface area (Å²) in [4.78, 5) is 3.94. The van der Waals surface area contributed by atoms with Gasteiger partial charge in [-0.15, -0.1) is 0 Å². The molecular formula is C10H19N3O. The number of hydrogen-bond donors (Lipinski definition) is 1. The van der Waals surface area contributed by atoms with Crippen molar-refractivity contribution in [1.29, 1.82) is 0 Å². The molecule has 0 bridgehead atoms. The van der Waals surface area contributed by atoms with E-state index < -0.39 is 0 Å². The lowest BCUT2D eigenvalue weighted by atomic mass is 10.1. The largest absolute Gasteiger partial charge is 0.343 e. The summed E-state index contributed by atoms with van der Waals surface area (Å²) in [6, 6.07) is 0.528. The van der Waals surface area contributed by atoms with E-state index in [4.69, 9.17) is 0 Å². The third-order valence-corrected chi connectivity index (χ3v) is 2.26. The second kappa shape index (κ2) is 6.54. The molecule has 1 aromatic rings. The van der Waals surface area contributed by atoms with E-state index in [1.807, 2.05) is 0 Å². The molecule has 1 atom stereocenters. The fraction of sp³-hybridized carbons (Fsp3) is 0.800. The van der Waals surface area contributed by atoms with Gasteiger partial charge in [-0.2, -0.15) is 4.98 Å². The first-order valence-electron chi connectivity index (χ1n) is 5.31. The highest BCUT2D eigenvalue weighted by Crippen LogP contribution is 2.03. The van der Waals surface area contributed by atoms with Gasteiger partial charge >= 0.3 is 0 Å². The van der Waals surface area contributed by atoms with Crippen LogP contribution in [0, 0.1) is 0 Å². The van der Waals surface area contributed by atoms with Crippen molar-refractivity contribution in [2.45, 2.75) is 52.1 Å². The minimum absolute atomic E-state index is 0.528. The smallest absolute Gasteiger partial charge is 0.213 e. The Morgan fingerprint density at radius 3 is 3.00 bits per heavy atom. The van der Waals surface area contributed by atoms with E-state index in [1.165, 1.54) is 32.1 Å². The number of nitrogens with one attached hydrogen (secondary N) is 1. The first-order chi connectivity index (χ1) is 6.83. The van der Waals surface area contributed by atoms with Crippen molar-refractivity contribution >= 4 is 0 Å². The van der Waals surface area contributed by atoms with Crippen molar-refractivity contribution in [3.05, 3.63) is 12.2 Å². The standard InChI is InChI=1S/C10H19N3O/c1-3-4-5-6-9(2)11-7-10-12-8-14-13-10/h8-9,11H,3-7H2,1-2H3. The first kappa shape index (κ1) is 11.2. The molecule has 1 unspecified atom stereocenters. The Balaban J connectivity index is 2.06. The highest BCUT2D eigenvalue weighted by Gasteiger charge is 2.03. The van der Waals surface area contributed by atoms with E-state index in [0.29, 0.717) is 12.6 Å². The summed E-state index contributed by atoms with van der Waals surface area (Å²) in [6.07, 6.45) is 6.45. The molecular weight excluding hydrogens is 178 g/mol. The van der Waals surface area contributed by atoms with Gasteiger partial charge in [0.25, 0.3) is 0 Å². The number of aromatic nitrogens is 2. The van der Waals surface area contributed by atoms with Crippen molar-refractivity contribution in [2.75, 3.05) is 0 Å². The van der Waals surface area contributed by atoms with Crippen LogP contribution in [0.2, 0.25) is 0 Å². The van der Waals surface area contributed by atoms with Gasteiger partial charge in [0.1, 0.15) is 0 Å². The summed E-state index contributed by atoms with van der Waals surface area (Å²) in [5.41, 5.74) is 0. The normalized spacial score (nSPS) is 13.0. The van der Waals surface area contributed by atoms with Gasteiger partial charge in [0.15, 0.2) is 5.82 Å². The third kappa shape index (κ3) is 4.37. The molecule has 0 aliphatic rings. The van der Waals surface area contributed by atoms with Gasteiger partial charge in [-0.3, -0.25) is 0 Å². The molecule has 0 aliphatic heterocycles. The molecule has 0 amide bonds. The Kier molecular flexibility index (Phi) is 5.22. The lowest BCUT2D eigenvalue weighted by molar-refractivity contribution is 0.402. The quantitative estimate of drug-likeness (QED) is 0.680. The van der Waals surface area contributed by atoms with Crippen molar-refractivity contribution in [2.24, 2.45) is 0 Å². The summed E-state index contributed by atoms with van der Waals surface area (Å²) in [7, 11) is 0. The van der Waals surface area contributed by atoms with Gasteiger partial charge in [0.2, 0.25) is 6.39 Å². The van der Waals surface area contributed by atoms with Crippen LogP contribution in [0.25, 0.3) is 0 Å². The average molecular weight is 197 g/mol. The summed E-state index contributed by atoms with van der Waals surface area (Å²) in [6.45, 7) is 5.11. The molecule has 1 aromatic heterocycles. The Hall–Kier alpha value is -0.900. The van der Waals surface area contributed by atoms with E-state index in [9.17, 15) is 0 Å². The zero-order valence-electron chi connectivity index (χ0n) is 8.99. The first-order valence-corrected chi connectivity index (χ1v) is 5.31. The van der Waals surface area contributed by atoms with Crippen LogP contribution in [0.4, 0.5) is 0 Å². The van der Waals surface area contributed by atoms with Gasteiger partial charge in [-0.25, -0.2) is 0 Å². The van der Waals surface area contributed by atoms with Gasteiger partial charge in [0, 0.05) is 6.04 Å². The van der Waals surface area contributed by atoms with E-state index in [2.05, 4.69) is 33.8 Å². The molecule has 0 spiro atoms. The van der Waals surface area contributed by atoms with Gasteiger partial charge in [0.05, 0.1) is 6.54 Å². The van der Waals surface area contributed by atoms with Crippen molar-refractivity contribution < 1.29 is 4.52 Å². The van der Waals surface area contributed by atoms with Crippen molar-refractivity contribution in [3.8, 4) is 0 Å². The Morgan fingerprint density at radius 2 is 2.36 bits per heavy atom. The van der Waals surface area contributed by atoms with Crippen LogP contribution in [0.3, 0.4) is 0 Å². The predicted octanol–water partition coefficient (Wildman–Crippen LogP) is 2.13. The van der Waals surface area contributed by atoms with Crippen LogP contribution in [0.1, 0.15) is 45.4 Å². The fourth-order valence-electron chi connectivity index (χ4n) is 1.34. The molecule has 80 valence electrons. The van der Waals surface area contributed by atoms with Crippen LogP contribution in [-0.2, 0) is 6.54 Å². The number of nitrogens with zero attached hydrogens (tertiary/aromatic N) is 2. The monoisotopic (exact) mass is 197 g/mol. The van der Waals surface area contributed by atoms with Crippen LogP contribution in [0.5, 0.6) is 0 Å².